The first kappa shape index (κ1) is 15.0. The maximum absolute atomic E-state index is 5.84. The highest BCUT2D eigenvalue weighted by Gasteiger charge is 2.08. The van der Waals surface area contributed by atoms with Crippen molar-refractivity contribution in [3.05, 3.63) is 40.7 Å². The van der Waals surface area contributed by atoms with Gasteiger partial charge in [-0.1, -0.05) is 0 Å². The predicted molar refractivity (Wildman–Crippen MR) is 91.9 cm³/mol. The molecule has 0 fully saturated rings. The monoisotopic (exact) mass is 309 g/mol. The lowest BCUT2D eigenvalue weighted by Crippen LogP contribution is -2.07. The molecule has 7 heteroatoms. The van der Waals surface area contributed by atoms with Gasteiger partial charge in [-0.05, 0) is 49.6 Å². The van der Waals surface area contributed by atoms with E-state index in [1.54, 1.807) is 6.20 Å². The summed E-state index contributed by atoms with van der Waals surface area (Å²) in [7, 11) is 0. The number of hydrogen-bond donors (Lipinski definition) is 3. The van der Waals surface area contributed by atoms with Crippen LogP contribution in [-0.4, -0.2) is 19.9 Å². The zero-order valence-electron chi connectivity index (χ0n) is 13.4. The summed E-state index contributed by atoms with van der Waals surface area (Å²) in [6.07, 6.45) is 1.66. The molecule has 7 nitrogen and oxygen atoms in total. The van der Waals surface area contributed by atoms with Crippen LogP contribution in [-0.2, 0) is 6.54 Å². The van der Waals surface area contributed by atoms with Gasteiger partial charge in [-0.3, -0.25) is 0 Å². The molecule has 0 saturated carbocycles. The van der Waals surface area contributed by atoms with E-state index in [2.05, 4.69) is 58.2 Å². The fourth-order valence-corrected chi connectivity index (χ4v) is 2.40. The number of nitrogens with zero attached hydrogens (tertiary/aromatic N) is 4. The Morgan fingerprint density at radius 2 is 1.70 bits per heavy atom. The molecule has 0 unspecified atom stereocenters. The van der Waals surface area contributed by atoms with E-state index in [0.717, 1.165) is 11.4 Å². The summed E-state index contributed by atoms with van der Waals surface area (Å²) >= 11 is 0. The zero-order valence-corrected chi connectivity index (χ0v) is 13.4. The fourth-order valence-electron chi connectivity index (χ4n) is 2.40. The fraction of sp³-hybridized carbons (Fsp3) is 0.250. The Morgan fingerprint density at radius 1 is 1.00 bits per heavy atom. The lowest BCUT2D eigenvalue weighted by molar-refractivity contribution is 1.03. The van der Waals surface area contributed by atoms with Crippen molar-refractivity contribution in [1.82, 2.24) is 19.9 Å². The van der Waals surface area contributed by atoms with E-state index in [-0.39, 0.29) is 11.8 Å². The van der Waals surface area contributed by atoms with E-state index < -0.39 is 0 Å². The van der Waals surface area contributed by atoms with E-state index >= 15 is 0 Å². The van der Waals surface area contributed by atoms with Gasteiger partial charge in [0.15, 0.2) is 17.0 Å². The van der Waals surface area contributed by atoms with Crippen molar-refractivity contribution in [2.75, 3.05) is 16.8 Å². The molecule has 0 atom stereocenters. The number of hydrogen-bond acceptors (Lipinski definition) is 7. The van der Waals surface area contributed by atoms with Gasteiger partial charge in [0.1, 0.15) is 0 Å². The highest BCUT2D eigenvalue weighted by molar-refractivity contribution is 5.81. The topological polar surface area (TPSA) is 116 Å². The third kappa shape index (κ3) is 2.98. The predicted octanol–water partition coefficient (Wildman–Crippen LogP) is 2.12. The second-order valence-electron chi connectivity index (χ2n) is 5.59. The van der Waals surface area contributed by atoms with Gasteiger partial charge in [0.2, 0.25) is 5.95 Å². The van der Waals surface area contributed by atoms with Crippen molar-refractivity contribution in [3.63, 3.8) is 0 Å². The highest BCUT2D eigenvalue weighted by atomic mass is 15.1. The largest absolute Gasteiger partial charge is 0.382 e. The number of aryl methyl sites for hydroxylation is 2. The van der Waals surface area contributed by atoms with Crippen LogP contribution >= 0.6 is 0 Å². The molecule has 2 aromatic heterocycles. The van der Waals surface area contributed by atoms with Gasteiger partial charge in [0, 0.05) is 5.69 Å². The van der Waals surface area contributed by atoms with Gasteiger partial charge in [-0.15, -0.1) is 0 Å². The summed E-state index contributed by atoms with van der Waals surface area (Å²) in [5.41, 5.74) is 17.9. The molecule has 3 rings (SSSR count). The minimum atomic E-state index is 0.0979. The molecule has 118 valence electrons. The van der Waals surface area contributed by atoms with Crippen molar-refractivity contribution < 1.29 is 0 Å². The molecule has 0 radical (unpaired) electrons. The van der Waals surface area contributed by atoms with Crippen LogP contribution in [0.4, 0.5) is 17.5 Å². The van der Waals surface area contributed by atoms with Gasteiger partial charge in [0.25, 0.3) is 0 Å². The number of nitrogens with two attached hydrogens (primary N) is 2. The van der Waals surface area contributed by atoms with E-state index in [1.165, 1.54) is 16.7 Å². The maximum Gasteiger partial charge on any atom is 0.224 e. The molecular weight excluding hydrogens is 290 g/mol. The van der Waals surface area contributed by atoms with Crippen molar-refractivity contribution in [2.45, 2.75) is 27.3 Å². The van der Waals surface area contributed by atoms with E-state index in [4.69, 9.17) is 11.5 Å². The molecule has 0 bridgehead atoms. The number of benzene rings is 1. The number of nitrogen functional groups attached to an aromatic ring is 2. The van der Waals surface area contributed by atoms with Gasteiger partial charge in [-0.2, -0.15) is 9.97 Å². The summed E-state index contributed by atoms with van der Waals surface area (Å²) in [6.45, 7) is 6.87. The van der Waals surface area contributed by atoms with Crippen molar-refractivity contribution >= 4 is 28.6 Å². The summed E-state index contributed by atoms with van der Waals surface area (Å²) in [5.74, 6) is 0.338. The Hall–Kier alpha value is -2.96. The quantitative estimate of drug-likeness (QED) is 0.678. The molecule has 0 amide bonds. The lowest BCUT2D eigenvalue weighted by atomic mass is 10.0. The SMILES string of the molecule is Cc1cc(NCc2cnc3nc(N)nc(N)c3n2)cc(C)c1C. The Balaban J connectivity index is 1.85. The molecule has 23 heavy (non-hydrogen) atoms. The minimum absolute atomic E-state index is 0.0979. The number of nitrogens with one attached hydrogen (secondary N) is 1. The highest BCUT2D eigenvalue weighted by Crippen LogP contribution is 2.20. The van der Waals surface area contributed by atoms with E-state index in [9.17, 15) is 0 Å². The standard InChI is InChI=1S/C16H19N7/c1-8-4-11(5-9(2)10(8)3)19-6-12-7-20-15-13(21-12)14(17)22-16(18)23-15/h4-5,7,19H,6H2,1-3H3,(H4,17,18,20,22,23). The Kier molecular flexibility index (Phi) is 3.69. The molecular formula is C16H19N7. The van der Waals surface area contributed by atoms with Crippen LogP contribution < -0.4 is 16.8 Å². The van der Waals surface area contributed by atoms with Crippen LogP contribution in [0.1, 0.15) is 22.4 Å². The van der Waals surface area contributed by atoms with Crippen LogP contribution in [0.5, 0.6) is 0 Å². The maximum atomic E-state index is 5.84. The molecule has 0 saturated heterocycles. The molecule has 0 spiro atoms. The number of anilines is 3. The van der Waals surface area contributed by atoms with Gasteiger partial charge < -0.3 is 16.8 Å². The van der Waals surface area contributed by atoms with Crippen LogP contribution in [0.2, 0.25) is 0 Å². The summed E-state index contributed by atoms with van der Waals surface area (Å²) < 4.78 is 0. The number of rotatable bonds is 3. The zero-order chi connectivity index (χ0) is 16.6. The van der Waals surface area contributed by atoms with Gasteiger partial charge >= 0.3 is 0 Å². The Labute approximate surface area is 134 Å². The lowest BCUT2D eigenvalue weighted by Gasteiger charge is -2.11. The van der Waals surface area contributed by atoms with Crippen LogP contribution in [0.15, 0.2) is 18.3 Å². The average molecular weight is 309 g/mol. The molecule has 3 aromatic rings. The van der Waals surface area contributed by atoms with Gasteiger partial charge in [-0.25, -0.2) is 9.97 Å². The Bertz CT molecular complexity index is 866. The smallest absolute Gasteiger partial charge is 0.224 e. The average Bonchev–Trinajstić information content (AvgIpc) is 2.50. The van der Waals surface area contributed by atoms with Gasteiger partial charge in [0.05, 0.1) is 18.4 Å². The first-order chi connectivity index (χ1) is 10.9. The normalized spacial score (nSPS) is 10.9. The summed E-state index contributed by atoms with van der Waals surface area (Å²) in [4.78, 5) is 16.7. The van der Waals surface area contributed by atoms with Crippen molar-refractivity contribution in [2.24, 2.45) is 0 Å². The third-order valence-electron chi connectivity index (χ3n) is 3.90. The second-order valence-corrected chi connectivity index (χ2v) is 5.59. The molecule has 5 N–H and O–H groups in total. The van der Waals surface area contributed by atoms with Crippen LogP contribution in [0, 0.1) is 20.8 Å². The third-order valence-corrected chi connectivity index (χ3v) is 3.90. The van der Waals surface area contributed by atoms with Crippen molar-refractivity contribution in [3.8, 4) is 0 Å². The number of aromatic nitrogens is 4. The molecule has 1 aromatic carbocycles. The first-order valence-electron chi connectivity index (χ1n) is 7.30. The molecule has 0 aliphatic carbocycles. The van der Waals surface area contributed by atoms with Crippen LogP contribution in [0.25, 0.3) is 11.2 Å². The summed E-state index contributed by atoms with van der Waals surface area (Å²) in [6, 6.07) is 4.24. The van der Waals surface area contributed by atoms with Crippen molar-refractivity contribution in [1.29, 1.82) is 0 Å². The molecule has 2 heterocycles. The molecule has 0 aliphatic heterocycles. The van der Waals surface area contributed by atoms with E-state index in [1.807, 2.05) is 0 Å². The number of fused-ring (bicyclic) bond motifs is 1. The summed E-state index contributed by atoms with van der Waals surface area (Å²) in [5, 5.41) is 3.36. The van der Waals surface area contributed by atoms with Crippen LogP contribution in [0.3, 0.4) is 0 Å². The second kappa shape index (κ2) is 5.68. The minimum Gasteiger partial charge on any atom is -0.382 e. The first-order valence-corrected chi connectivity index (χ1v) is 7.30. The van der Waals surface area contributed by atoms with E-state index in [0.29, 0.717) is 17.7 Å². The molecule has 0 aliphatic rings. The Morgan fingerprint density at radius 3 is 2.39 bits per heavy atom.